The molecule has 0 saturated heterocycles. The Hall–Kier alpha value is -3.33. The molecule has 0 amide bonds. The summed E-state index contributed by atoms with van der Waals surface area (Å²) in [5, 5.41) is 1.25. The number of para-hydroxylation sites is 1. The zero-order valence-corrected chi connectivity index (χ0v) is 18.6. The molecule has 2 aromatic carbocycles. The van der Waals surface area contributed by atoms with Crippen LogP contribution in [0.5, 0.6) is 0 Å². The highest BCUT2D eigenvalue weighted by Gasteiger charge is 2.17. The Morgan fingerprint density at radius 3 is 2.43 bits per heavy atom. The molecule has 2 heterocycles. The van der Waals surface area contributed by atoms with Crippen molar-refractivity contribution in [3.8, 4) is 0 Å². The van der Waals surface area contributed by atoms with Crippen molar-refractivity contribution in [2.45, 2.75) is 13.8 Å². The van der Waals surface area contributed by atoms with Gasteiger partial charge in [-0.1, -0.05) is 29.8 Å². The summed E-state index contributed by atoms with van der Waals surface area (Å²) in [5.41, 5.74) is 8.77. The van der Waals surface area contributed by atoms with Crippen LogP contribution in [0.15, 0.2) is 89.7 Å². The normalized spacial score (nSPS) is 14.6. The number of allylic oxidation sites excluding steroid dienone is 4. The van der Waals surface area contributed by atoms with Crippen LogP contribution in [0.1, 0.15) is 19.5 Å². The predicted molar refractivity (Wildman–Crippen MR) is 129 cm³/mol. The standard InChI is InChI=1S/C27H30N3/c1-20-17-22(21(2)30(19-20)25-9-7-6-8-10-25)11-13-24-14-12-23-18-26(28(3)4)15-16-27(23)29(24)5/h6-18H,19H2,1-5H3/q+1. The first-order chi connectivity index (χ1) is 14.4. The van der Waals surface area contributed by atoms with Crippen molar-refractivity contribution < 1.29 is 4.57 Å². The fourth-order valence-electron chi connectivity index (χ4n) is 4.03. The molecule has 0 N–H and O–H groups in total. The monoisotopic (exact) mass is 396 g/mol. The minimum atomic E-state index is 0.936. The van der Waals surface area contributed by atoms with Crippen LogP contribution in [0.2, 0.25) is 0 Å². The zero-order valence-electron chi connectivity index (χ0n) is 18.6. The molecule has 3 heteroatoms. The number of hydrogen-bond acceptors (Lipinski definition) is 2. The Balaban J connectivity index is 1.69. The van der Waals surface area contributed by atoms with Gasteiger partial charge < -0.3 is 9.80 Å². The molecule has 0 bridgehead atoms. The lowest BCUT2D eigenvalue weighted by Crippen LogP contribution is -2.32. The molecule has 3 aromatic rings. The van der Waals surface area contributed by atoms with Gasteiger partial charge in [-0.25, -0.2) is 0 Å². The van der Waals surface area contributed by atoms with Crippen LogP contribution < -0.4 is 14.4 Å². The highest BCUT2D eigenvalue weighted by atomic mass is 15.1. The van der Waals surface area contributed by atoms with Crippen LogP contribution >= 0.6 is 0 Å². The number of fused-ring (bicyclic) bond motifs is 1. The third kappa shape index (κ3) is 3.88. The van der Waals surface area contributed by atoms with Crippen molar-refractivity contribution >= 4 is 28.4 Å². The van der Waals surface area contributed by atoms with Gasteiger partial charge >= 0.3 is 0 Å². The number of aryl methyl sites for hydroxylation is 1. The Morgan fingerprint density at radius 1 is 0.933 bits per heavy atom. The van der Waals surface area contributed by atoms with Crippen molar-refractivity contribution in [2.24, 2.45) is 7.05 Å². The van der Waals surface area contributed by atoms with Crippen molar-refractivity contribution in [3.05, 3.63) is 95.4 Å². The summed E-state index contributed by atoms with van der Waals surface area (Å²) >= 11 is 0. The summed E-state index contributed by atoms with van der Waals surface area (Å²) in [6.07, 6.45) is 6.76. The summed E-state index contributed by atoms with van der Waals surface area (Å²) in [4.78, 5) is 4.52. The number of nitrogens with zero attached hydrogens (tertiary/aromatic N) is 3. The van der Waals surface area contributed by atoms with Crippen LogP contribution in [-0.4, -0.2) is 20.6 Å². The largest absolute Gasteiger partial charge is 0.378 e. The summed E-state index contributed by atoms with van der Waals surface area (Å²) in [5.74, 6) is 0. The molecule has 30 heavy (non-hydrogen) atoms. The van der Waals surface area contributed by atoms with Gasteiger partial charge in [-0.05, 0) is 55.8 Å². The van der Waals surface area contributed by atoms with Crippen LogP contribution in [0.25, 0.3) is 17.0 Å². The molecule has 3 nitrogen and oxygen atoms in total. The number of aromatic nitrogens is 1. The SMILES string of the molecule is CC1=CC(C=Cc2ccc3cc(N(C)C)ccc3[n+]2C)=C(C)N(c2ccccc2)C1. The lowest BCUT2D eigenvalue weighted by Gasteiger charge is -2.30. The van der Waals surface area contributed by atoms with Crippen LogP contribution in [0.3, 0.4) is 0 Å². The summed E-state index contributed by atoms with van der Waals surface area (Å²) in [6.45, 7) is 5.35. The Kier molecular flexibility index (Phi) is 5.45. The predicted octanol–water partition coefficient (Wildman–Crippen LogP) is 5.48. The lowest BCUT2D eigenvalue weighted by molar-refractivity contribution is -0.646. The first-order valence-electron chi connectivity index (χ1n) is 10.4. The van der Waals surface area contributed by atoms with Crippen molar-refractivity contribution in [3.63, 3.8) is 0 Å². The molecule has 1 aliphatic rings. The van der Waals surface area contributed by atoms with Crippen molar-refractivity contribution in [1.82, 2.24) is 0 Å². The fraction of sp³-hybridized carbons (Fsp3) is 0.222. The van der Waals surface area contributed by atoms with Crippen LogP contribution in [0.4, 0.5) is 11.4 Å². The lowest BCUT2D eigenvalue weighted by atomic mass is 10.0. The van der Waals surface area contributed by atoms with Gasteiger partial charge in [-0.2, -0.15) is 4.57 Å². The molecule has 4 rings (SSSR count). The second-order valence-corrected chi connectivity index (χ2v) is 8.24. The molecule has 1 aliphatic heterocycles. The number of benzene rings is 2. The molecule has 0 spiro atoms. The minimum Gasteiger partial charge on any atom is -0.378 e. The van der Waals surface area contributed by atoms with Gasteiger partial charge in [0.05, 0.1) is 0 Å². The number of rotatable bonds is 4. The van der Waals surface area contributed by atoms with Crippen molar-refractivity contribution in [1.29, 1.82) is 0 Å². The van der Waals surface area contributed by atoms with Gasteiger partial charge in [-0.3, -0.25) is 0 Å². The minimum absolute atomic E-state index is 0.936. The molecule has 0 saturated carbocycles. The molecule has 0 aliphatic carbocycles. The molecular weight excluding hydrogens is 366 g/mol. The smallest absolute Gasteiger partial charge is 0.212 e. The average molecular weight is 397 g/mol. The molecule has 0 fully saturated rings. The van der Waals surface area contributed by atoms with E-state index in [0.717, 1.165) is 6.54 Å². The average Bonchev–Trinajstić information content (AvgIpc) is 2.75. The van der Waals surface area contributed by atoms with Gasteiger partial charge in [-0.15, -0.1) is 0 Å². The molecule has 0 unspecified atom stereocenters. The van der Waals surface area contributed by atoms with Gasteiger partial charge in [0.25, 0.3) is 0 Å². The van der Waals surface area contributed by atoms with Gasteiger partial charge in [0.1, 0.15) is 7.05 Å². The van der Waals surface area contributed by atoms with Crippen molar-refractivity contribution in [2.75, 3.05) is 30.4 Å². The summed E-state index contributed by atoms with van der Waals surface area (Å²) in [6, 6.07) is 21.6. The maximum Gasteiger partial charge on any atom is 0.212 e. The highest BCUT2D eigenvalue weighted by Crippen LogP contribution is 2.28. The fourth-order valence-corrected chi connectivity index (χ4v) is 4.03. The van der Waals surface area contributed by atoms with Crippen LogP contribution in [0, 0.1) is 0 Å². The maximum atomic E-state index is 2.39. The molecule has 152 valence electrons. The van der Waals surface area contributed by atoms with E-state index in [0.29, 0.717) is 0 Å². The van der Waals surface area contributed by atoms with E-state index >= 15 is 0 Å². The third-order valence-corrected chi connectivity index (χ3v) is 5.84. The second-order valence-electron chi connectivity index (χ2n) is 8.24. The number of pyridine rings is 1. The zero-order chi connectivity index (χ0) is 21.3. The first-order valence-corrected chi connectivity index (χ1v) is 10.4. The van der Waals surface area contributed by atoms with Gasteiger partial charge in [0, 0.05) is 61.3 Å². The topological polar surface area (TPSA) is 10.4 Å². The maximum absolute atomic E-state index is 2.39. The molecule has 0 radical (unpaired) electrons. The van der Waals surface area contributed by atoms with E-state index in [9.17, 15) is 0 Å². The second kappa shape index (κ2) is 8.19. The Bertz CT molecular complexity index is 1170. The van der Waals surface area contributed by atoms with E-state index in [-0.39, 0.29) is 0 Å². The van der Waals surface area contributed by atoms with E-state index in [2.05, 4.69) is 128 Å². The molecule has 0 atom stereocenters. The van der Waals surface area contributed by atoms with E-state index < -0.39 is 0 Å². The Labute approximate surface area is 179 Å². The summed E-state index contributed by atoms with van der Waals surface area (Å²) in [7, 11) is 6.29. The van der Waals surface area contributed by atoms with Gasteiger partial charge in [0.2, 0.25) is 11.2 Å². The first kappa shape index (κ1) is 20.0. The number of anilines is 2. The molecular formula is C27H30N3+. The quantitative estimate of drug-likeness (QED) is 0.540. The Morgan fingerprint density at radius 2 is 1.70 bits per heavy atom. The third-order valence-electron chi connectivity index (χ3n) is 5.84. The highest BCUT2D eigenvalue weighted by molar-refractivity contribution is 5.80. The van der Waals surface area contributed by atoms with E-state index in [1.54, 1.807) is 0 Å². The molecule has 1 aromatic heterocycles. The van der Waals surface area contributed by atoms with E-state index in [1.165, 1.54) is 44.8 Å². The van der Waals surface area contributed by atoms with E-state index in [4.69, 9.17) is 0 Å². The van der Waals surface area contributed by atoms with Gasteiger partial charge in [0.15, 0.2) is 0 Å². The number of hydrogen-bond donors (Lipinski definition) is 0. The van der Waals surface area contributed by atoms with Crippen LogP contribution in [-0.2, 0) is 7.05 Å². The summed E-state index contributed by atoms with van der Waals surface area (Å²) < 4.78 is 2.26. The van der Waals surface area contributed by atoms with E-state index in [1.807, 2.05) is 0 Å².